The number of benzene rings is 1. The normalized spacial score (nSPS) is 18.8. The van der Waals surface area contributed by atoms with Crippen LogP contribution in [0.3, 0.4) is 0 Å². The third kappa shape index (κ3) is 3.97. The lowest BCUT2D eigenvalue weighted by Gasteiger charge is -2.23. The molecule has 1 aliphatic heterocycles. The van der Waals surface area contributed by atoms with Crippen LogP contribution in [0.1, 0.15) is 28.8 Å². The van der Waals surface area contributed by atoms with Crippen molar-refractivity contribution >= 4 is 21.8 Å². The quantitative estimate of drug-likeness (QED) is 0.892. The van der Waals surface area contributed by atoms with Crippen molar-refractivity contribution < 1.29 is 18.0 Å². The number of nitrogens with zero attached hydrogens (tertiary/aromatic N) is 1. The van der Waals surface area contributed by atoms with E-state index in [-0.39, 0.29) is 11.6 Å². The Labute approximate surface area is 129 Å². The molecule has 1 aromatic carbocycles. The summed E-state index contributed by atoms with van der Waals surface area (Å²) in [5, 5.41) is 3.22. The molecule has 116 valence electrons. The van der Waals surface area contributed by atoms with E-state index in [0.717, 1.165) is 25.5 Å². The Balaban J connectivity index is 2.21. The zero-order valence-electron chi connectivity index (χ0n) is 11.5. The topological polar surface area (TPSA) is 32.3 Å². The molecule has 0 aliphatic carbocycles. The van der Waals surface area contributed by atoms with Gasteiger partial charge in [-0.3, -0.25) is 4.79 Å². The Morgan fingerprint density at radius 3 is 2.76 bits per heavy atom. The van der Waals surface area contributed by atoms with Crippen molar-refractivity contribution in [2.45, 2.75) is 25.1 Å². The number of halogens is 4. The van der Waals surface area contributed by atoms with Crippen LogP contribution < -0.4 is 5.32 Å². The van der Waals surface area contributed by atoms with Gasteiger partial charge in [-0.2, -0.15) is 13.2 Å². The van der Waals surface area contributed by atoms with Crippen LogP contribution in [0.4, 0.5) is 13.2 Å². The monoisotopic (exact) mass is 364 g/mol. The molecule has 1 N–H and O–H groups in total. The number of hydrogen-bond acceptors (Lipinski definition) is 2. The molecular formula is C14H16BrF3N2O. The number of rotatable bonds is 3. The lowest BCUT2D eigenvalue weighted by molar-refractivity contribution is -0.138. The molecular weight excluding hydrogens is 349 g/mol. The molecule has 1 aliphatic rings. The van der Waals surface area contributed by atoms with E-state index in [1.54, 1.807) is 0 Å². The molecule has 1 unspecified atom stereocenters. The van der Waals surface area contributed by atoms with Gasteiger partial charge in [0.1, 0.15) is 0 Å². The van der Waals surface area contributed by atoms with Gasteiger partial charge in [-0.15, -0.1) is 0 Å². The fraction of sp³-hybridized carbons (Fsp3) is 0.500. The fourth-order valence-corrected chi connectivity index (χ4v) is 2.83. The Morgan fingerprint density at radius 2 is 2.19 bits per heavy atom. The van der Waals surface area contributed by atoms with E-state index in [0.29, 0.717) is 11.0 Å². The first-order valence-electron chi connectivity index (χ1n) is 6.64. The van der Waals surface area contributed by atoms with Gasteiger partial charge in [0.15, 0.2) is 0 Å². The molecule has 3 nitrogen and oxygen atoms in total. The van der Waals surface area contributed by atoms with E-state index in [1.165, 1.54) is 24.1 Å². The van der Waals surface area contributed by atoms with Gasteiger partial charge in [0.2, 0.25) is 0 Å². The van der Waals surface area contributed by atoms with Gasteiger partial charge < -0.3 is 10.2 Å². The van der Waals surface area contributed by atoms with E-state index in [2.05, 4.69) is 21.2 Å². The lowest BCUT2D eigenvalue weighted by atomic mass is 10.1. The second kappa shape index (κ2) is 6.36. The minimum atomic E-state index is -4.55. The molecule has 1 aromatic rings. The van der Waals surface area contributed by atoms with Gasteiger partial charge in [-0.05, 0) is 37.6 Å². The van der Waals surface area contributed by atoms with Gasteiger partial charge >= 0.3 is 6.18 Å². The Hall–Kier alpha value is -1.08. The van der Waals surface area contributed by atoms with Gasteiger partial charge in [-0.25, -0.2) is 0 Å². The zero-order valence-corrected chi connectivity index (χ0v) is 13.1. The van der Waals surface area contributed by atoms with E-state index in [4.69, 9.17) is 0 Å². The zero-order chi connectivity index (χ0) is 15.6. The van der Waals surface area contributed by atoms with Crippen molar-refractivity contribution in [2.75, 3.05) is 20.1 Å². The summed E-state index contributed by atoms with van der Waals surface area (Å²) in [6.07, 6.45) is -2.59. The summed E-state index contributed by atoms with van der Waals surface area (Å²) in [4.78, 5) is 13.6. The van der Waals surface area contributed by atoms with Gasteiger partial charge in [-0.1, -0.05) is 15.9 Å². The minimum absolute atomic E-state index is 0.156. The third-order valence-corrected chi connectivity index (χ3v) is 4.01. The number of amides is 1. The van der Waals surface area contributed by atoms with Gasteiger partial charge in [0, 0.05) is 24.1 Å². The number of likely N-dealkylation sites (N-methyl/N-ethyl adjacent to an activating group) is 1. The molecule has 0 radical (unpaired) electrons. The molecule has 0 aromatic heterocycles. The highest BCUT2D eigenvalue weighted by Crippen LogP contribution is 2.34. The summed E-state index contributed by atoms with van der Waals surface area (Å²) < 4.78 is 39.5. The van der Waals surface area contributed by atoms with E-state index in [9.17, 15) is 18.0 Å². The highest BCUT2D eigenvalue weighted by atomic mass is 79.9. The third-order valence-electron chi connectivity index (χ3n) is 3.52. The number of nitrogens with one attached hydrogen (secondary N) is 1. The van der Waals surface area contributed by atoms with Crippen molar-refractivity contribution in [2.24, 2.45) is 0 Å². The number of hydrogen-bond donors (Lipinski definition) is 1. The summed E-state index contributed by atoms with van der Waals surface area (Å²) in [7, 11) is 1.53. The van der Waals surface area contributed by atoms with Crippen molar-refractivity contribution in [1.82, 2.24) is 10.2 Å². The van der Waals surface area contributed by atoms with Crippen LogP contribution in [0.15, 0.2) is 22.7 Å². The highest BCUT2D eigenvalue weighted by Gasteiger charge is 2.36. The van der Waals surface area contributed by atoms with Crippen LogP contribution in [-0.2, 0) is 6.18 Å². The SMILES string of the molecule is CN(CC1CCCN1)C(=O)c1ccc(Br)cc1C(F)(F)F. The molecule has 0 bridgehead atoms. The standard InChI is InChI=1S/C14H16BrF3N2O/c1-20(8-10-3-2-6-19-10)13(21)11-5-4-9(15)7-12(11)14(16,17)18/h4-5,7,10,19H,2-3,6,8H2,1H3. The molecule has 1 fully saturated rings. The van der Waals surface area contributed by atoms with Crippen molar-refractivity contribution in [1.29, 1.82) is 0 Å². The molecule has 0 spiro atoms. The predicted octanol–water partition coefficient (Wildman–Crippen LogP) is 3.29. The van der Waals surface area contributed by atoms with Crippen LogP contribution in [0.5, 0.6) is 0 Å². The van der Waals surface area contributed by atoms with Gasteiger partial charge in [0.05, 0.1) is 11.1 Å². The number of alkyl halides is 3. The Bertz CT molecular complexity index is 527. The maximum atomic E-state index is 13.1. The maximum Gasteiger partial charge on any atom is 0.417 e. The molecule has 1 saturated heterocycles. The van der Waals surface area contributed by atoms with E-state index >= 15 is 0 Å². The first kappa shape index (κ1) is 16.3. The summed E-state index contributed by atoms with van der Waals surface area (Å²) in [6, 6.07) is 3.76. The fourth-order valence-electron chi connectivity index (χ4n) is 2.47. The second-order valence-electron chi connectivity index (χ2n) is 5.17. The lowest BCUT2D eigenvalue weighted by Crippen LogP contribution is -2.39. The molecule has 1 atom stereocenters. The smallest absolute Gasteiger partial charge is 0.340 e. The van der Waals surface area contributed by atoms with Gasteiger partial charge in [0.25, 0.3) is 5.91 Å². The maximum absolute atomic E-state index is 13.1. The minimum Gasteiger partial charge on any atom is -0.340 e. The largest absolute Gasteiger partial charge is 0.417 e. The summed E-state index contributed by atoms with van der Waals surface area (Å²) in [5.74, 6) is -0.608. The first-order chi connectivity index (χ1) is 9.79. The van der Waals surface area contributed by atoms with E-state index < -0.39 is 17.6 Å². The molecule has 21 heavy (non-hydrogen) atoms. The number of carbonyl (C=O) groups excluding carboxylic acids is 1. The first-order valence-corrected chi connectivity index (χ1v) is 7.44. The highest BCUT2D eigenvalue weighted by molar-refractivity contribution is 9.10. The Kier molecular flexibility index (Phi) is 4.93. The summed E-state index contributed by atoms with van der Waals surface area (Å²) in [5.41, 5.74) is -1.22. The predicted molar refractivity (Wildman–Crippen MR) is 77.1 cm³/mol. The molecule has 1 heterocycles. The van der Waals surface area contributed by atoms with Crippen molar-refractivity contribution in [3.8, 4) is 0 Å². The molecule has 1 amide bonds. The van der Waals surface area contributed by atoms with Crippen LogP contribution in [0.2, 0.25) is 0 Å². The second-order valence-corrected chi connectivity index (χ2v) is 6.08. The van der Waals surface area contributed by atoms with E-state index in [1.807, 2.05) is 0 Å². The van der Waals surface area contributed by atoms with Crippen molar-refractivity contribution in [3.05, 3.63) is 33.8 Å². The van der Waals surface area contributed by atoms with Crippen LogP contribution in [-0.4, -0.2) is 37.0 Å². The average Bonchev–Trinajstić information content (AvgIpc) is 2.89. The Morgan fingerprint density at radius 1 is 1.48 bits per heavy atom. The van der Waals surface area contributed by atoms with Crippen LogP contribution >= 0.6 is 15.9 Å². The summed E-state index contributed by atoms with van der Waals surface area (Å²) in [6.45, 7) is 1.30. The summed E-state index contributed by atoms with van der Waals surface area (Å²) >= 11 is 3.01. The molecule has 7 heteroatoms. The average molecular weight is 365 g/mol. The number of carbonyl (C=O) groups is 1. The molecule has 2 rings (SSSR count). The van der Waals surface area contributed by atoms with Crippen LogP contribution in [0.25, 0.3) is 0 Å². The molecule has 0 saturated carbocycles. The van der Waals surface area contributed by atoms with Crippen molar-refractivity contribution in [3.63, 3.8) is 0 Å². The van der Waals surface area contributed by atoms with Crippen LogP contribution in [0, 0.1) is 0 Å².